The molecule has 1 aliphatic heterocycles. The molecule has 0 bridgehead atoms. The van der Waals surface area contributed by atoms with Crippen molar-refractivity contribution in [1.82, 2.24) is 5.32 Å². The summed E-state index contributed by atoms with van der Waals surface area (Å²) in [4.78, 5) is 4.50. The molecule has 14 heavy (non-hydrogen) atoms. The lowest BCUT2D eigenvalue weighted by atomic mass is 9.90. The first kappa shape index (κ1) is 11.2. The van der Waals surface area contributed by atoms with Crippen LogP contribution in [0.15, 0.2) is 17.3 Å². The Kier molecular flexibility index (Phi) is 3.29. The first-order valence-corrected chi connectivity index (χ1v) is 5.03. The van der Waals surface area contributed by atoms with Crippen LogP contribution in [0.5, 0.6) is 0 Å². The Morgan fingerprint density at radius 1 is 1.57 bits per heavy atom. The van der Waals surface area contributed by atoms with Crippen LogP contribution in [0.1, 0.15) is 27.7 Å². The lowest BCUT2D eigenvalue weighted by molar-refractivity contribution is 0.196. The highest BCUT2D eigenvalue weighted by Gasteiger charge is 2.30. The summed E-state index contributed by atoms with van der Waals surface area (Å²) in [5.41, 5.74) is 0.598. The van der Waals surface area contributed by atoms with Crippen molar-refractivity contribution in [3.8, 4) is 0 Å². The van der Waals surface area contributed by atoms with E-state index in [4.69, 9.17) is 0 Å². The summed E-state index contributed by atoms with van der Waals surface area (Å²) in [6.07, 6.45) is 3.68. The van der Waals surface area contributed by atoms with Crippen molar-refractivity contribution in [2.45, 2.75) is 33.9 Å². The van der Waals surface area contributed by atoms with Crippen LogP contribution in [0.2, 0.25) is 0 Å². The molecule has 0 aliphatic carbocycles. The maximum atomic E-state index is 12.8. The van der Waals surface area contributed by atoms with Crippen molar-refractivity contribution in [3.05, 3.63) is 12.3 Å². The zero-order chi connectivity index (χ0) is 10.8. The Morgan fingerprint density at radius 3 is 2.71 bits per heavy atom. The van der Waals surface area contributed by atoms with Crippen molar-refractivity contribution in [3.63, 3.8) is 0 Å². The van der Waals surface area contributed by atoms with Gasteiger partial charge in [0.1, 0.15) is 6.17 Å². The number of rotatable bonds is 3. The van der Waals surface area contributed by atoms with E-state index in [9.17, 15) is 4.39 Å². The van der Waals surface area contributed by atoms with Crippen molar-refractivity contribution >= 4 is 5.71 Å². The number of alkyl halides is 1. The van der Waals surface area contributed by atoms with E-state index in [-0.39, 0.29) is 12.8 Å². The zero-order valence-corrected chi connectivity index (χ0v) is 9.34. The minimum absolute atomic E-state index is 0.144. The average Bonchev–Trinajstić information content (AvgIpc) is 2.18. The summed E-state index contributed by atoms with van der Waals surface area (Å²) in [6.45, 7) is 7.58. The van der Waals surface area contributed by atoms with E-state index in [0.29, 0.717) is 5.92 Å². The van der Waals surface area contributed by atoms with Crippen molar-refractivity contribution in [2.75, 3.05) is 6.67 Å². The second-order valence-corrected chi connectivity index (χ2v) is 4.73. The molecule has 0 aromatic rings. The van der Waals surface area contributed by atoms with E-state index in [2.05, 4.69) is 24.2 Å². The van der Waals surface area contributed by atoms with Crippen molar-refractivity contribution in [2.24, 2.45) is 16.3 Å². The molecule has 3 heteroatoms. The van der Waals surface area contributed by atoms with Crippen LogP contribution in [0, 0.1) is 11.3 Å². The number of aliphatic imine (C=N–C) groups is 1. The fourth-order valence-corrected chi connectivity index (χ4v) is 1.27. The fourth-order valence-electron chi connectivity index (χ4n) is 1.27. The van der Waals surface area contributed by atoms with Crippen LogP contribution in [0.3, 0.4) is 0 Å². The van der Waals surface area contributed by atoms with Crippen LogP contribution < -0.4 is 5.32 Å². The first-order valence-electron chi connectivity index (χ1n) is 5.03. The molecular weight excluding hydrogens is 179 g/mol. The molecule has 1 aliphatic rings. The molecule has 1 N–H and O–H groups in total. The summed E-state index contributed by atoms with van der Waals surface area (Å²) < 4.78 is 12.8. The third-order valence-corrected chi connectivity index (χ3v) is 2.46. The molecule has 0 spiro atoms. The Bertz CT molecular complexity index is 254. The largest absolute Gasteiger partial charge is 0.369 e. The number of hydrogen-bond acceptors (Lipinski definition) is 2. The maximum absolute atomic E-state index is 12.8. The monoisotopic (exact) mass is 198 g/mol. The highest BCUT2D eigenvalue weighted by Crippen LogP contribution is 2.24. The van der Waals surface area contributed by atoms with Crippen LogP contribution in [-0.2, 0) is 0 Å². The molecule has 1 unspecified atom stereocenters. The van der Waals surface area contributed by atoms with Gasteiger partial charge in [-0.1, -0.05) is 27.7 Å². The second kappa shape index (κ2) is 4.11. The molecule has 2 nitrogen and oxygen atoms in total. The van der Waals surface area contributed by atoms with Gasteiger partial charge in [0.25, 0.3) is 0 Å². The minimum Gasteiger partial charge on any atom is -0.369 e. The van der Waals surface area contributed by atoms with Gasteiger partial charge in [0.15, 0.2) is 0 Å². The van der Waals surface area contributed by atoms with Gasteiger partial charge in [0, 0.05) is 11.1 Å². The smallest absolute Gasteiger partial charge is 0.126 e. The predicted molar refractivity (Wildman–Crippen MR) is 58.1 cm³/mol. The molecule has 1 rings (SSSR count). The first-order chi connectivity index (χ1) is 6.47. The number of nitrogens with zero attached hydrogens (tertiary/aromatic N) is 1. The quantitative estimate of drug-likeness (QED) is 0.740. The van der Waals surface area contributed by atoms with Gasteiger partial charge in [-0.15, -0.1) is 0 Å². The highest BCUT2D eigenvalue weighted by atomic mass is 19.1. The van der Waals surface area contributed by atoms with Gasteiger partial charge >= 0.3 is 0 Å². The third-order valence-electron chi connectivity index (χ3n) is 2.46. The molecular formula is C11H19FN2. The summed E-state index contributed by atoms with van der Waals surface area (Å²) in [5, 5.41) is 3.09. The Labute approximate surface area is 85.3 Å². The van der Waals surface area contributed by atoms with Crippen molar-refractivity contribution in [1.29, 1.82) is 0 Å². The van der Waals surface area contributed by atoms with Gasteiger partial charge in [0.05, 0.1) is 6.67 Å². The summed E-state index contributed by atoms with van der Waals surface area (Å²) in [7, 11) is 0. The van der Waals surface area contributed by atoms with Crippen LogP contribution in [0.4, 0.5) is 4.39 Å². The summed E-state index contributed by atoms with van der Waals surface area (Å²) in [6, 6.07) is 0. The van der Waals surface area contributed by atoms with Gasteiger partial charge < -0.3 is 5.32 Å². The summed E-state index contributed by atoms with van der Waals surface area (Å²) >= 11 is 0. The Balaban J connectivity index is 2.80. The normalized spacial score (nSPS) is 22.1. The molecule has 80 valence electrons. The van der Waals surface area contributed by atoms with Crippen LogP contribution in [0.25, 0.3) is 0 Å². The van der Waals surface area contributed by atoms with E-state index < -0.39 is 5.41 Å². The molecule has 0 saturated heterocycles. The predicted octanol–water partition coefficient (Wildman–Crippen LogP) is 2.52. The maximum Gasteiger partial charge on any atom is 0.126 e. The highest BCUT2D eigenvalue weighted by molar-refractivity contribution is 5.96. The number of hydrogen-bond donors (Lipinski definition) is 1. The standard InChI is InChI=1S/C11H19FN2/c1-8(2)9-5-6-13-10(14-9)11(3,4)7-12/h5-6,8,10,13H,7H2,1-4H3. The van der Waals surface area contributed by atoms with Gasteiger partial charge in [-0.25, -0.2) is 0 Å². The lowest BCUT2D eigenvalue weighted by Crippen LogP contribution is -2.42. The minimum atomic E-state index is -0.440. The number of halogens is 1. The van der Waals surface area contributed by atoms with Crippen LogP contribution >= 0.6 is 0 Å². The topological polar surface area (TPSA) is 24.4 Å². The molecule has 0 fully saturated rings. The van der Waals surface area contributed by atoms with E-state index in [1.807, 2.05) is 26.1 Å². The number of allylic oxidation sites excluding steroid dienone is 1. The SMILES string of the molecule is CC(C)C1=NC(C(C)(C)CF)NC=C1. The van der Waals surface area contributed by atoms with Crippen LogP contribution in [-0.4, -0.2) is 18.6 Å². The van der Waals surface area contributed by atoms with E-state index >= 15 is 0 Å². The molecule has 0 aromatic heterocycles. The Hall–Kier alpha value is -0.860. The molecule has 1 heterocycles. The zero-order valence-electron chi connectivity index (χ0n) is 9.34. The van der Waals surface area contributed by atoms with Gasteiger partial charge in [-0.2, -0.15) is 0 Å². The Morgan fingerprint density at radius 2 is 2.21 bits per heavy atom. The van der Waals surface area contributed by atoms with E-state index in [0.717, 1.165) is 5.71 Å². The van der Waals surface area contributed by atoms with E-state index in [1.54, 1.807) is 0 Å². The van der Waals surface area contributed by atoms with Gasteiger partial charge in [-0.05, 0) is 18.2 Å². The van der Waals surface area contributed by atoms with Crippen molar-refractivity contribution < 1.29 is 4.39 Å². The lowest BCUT2D eigenvalue weighted by Gasteiger charge is -2.31. The molecule has 0 aromatic carbocycles. The van der Waals surface area contributed by atoms with Gasteiger partial charge in [-0.3, -0.25) is 9.38 Å². The van der Waals surface area contributed by atoms with Gasteiger partial charge in [0.2, 0.25) is 0 Å². The second-order valence-electron chi connectivity index (χ2n) is 4.73. The van der Waals surface area contributed by atoms with E-state index in [1.165, 1.54) is 0 Å². The molecule has 0 amide bonds. The average molecular weight is 198 g/mol. The molecule has 0 radical (unpaired) electrons. The third kappa shape index (κ3) is 2.34. The number of nitrogens with one attached hydrogen (secondary N) is 1. The molecule has 0 saturated carbocycles. The fraction of sp³-hybridized carbons (Fsp3) is 0.727. The summed E-state index contributed by atoms with van der Waals surface area (Å²) in [5.74, 6) is 0.395. The molecule has 1 atom stereocenters.